The maximum atomic E-state index is 10.8. The molecule has 0 spiro atoms. The SMILES string of the molecule is [N-]=[N+]=CC(=O)OCCCCCc1ccccc1. The summed E-state index contributed by atoms with van der Waals surface area (Å²) in [5.74, 6) is -0.601. The molecular formula is C13H16N2O2. The number of unbranched alkanes of at least 4 members (excludes halogenated alkanes) is 2. The van der Waals surface area contributed by atoms with Gasteiger partial charge in [0.25, 0.3) is 0 Å². The second-order valence-electron chi connectivity index (χ2n) is 3.71. The molecule has 0 radical (unpaired) electrons. The Morgan fingerprint density at radius 1 is 1.24 bits per heavy atom. The molecule has 0 saturated carbocycles. The molecule has 17 heavy (non-hydrogen) atoms. The van der Waals surface area contributed by atoms with Gasteiger partial charge in [-0.25, -0.2) is 4.79 Å². The summed E-state index contributed by atoms with van der Waals surface area (Å²) in [4.78, 5) is 13.4. The minimum atomic E-state index is -0.601. The number of hydrogen-bond donors (Lipinski definition) is 0. The van der Waals surface area contributed by atoms with Crippen LogP contribution in [0.2, 0.25) is 0 Å². The Labute approximate surface area is 101 Å². The van der Waals surface area contributed by atoms with Crippen molar-refractivity contribution in [2.24, 2.45) is 0 Å². The number of hydrogen-bond acceptors (Lipinski definition) is 2. The van der Waals surface area contributed by atoms with Crippen molar-refractivity contribution >= 4 is 12.2 Å². The van der Waals surface area contributed by atoms with Crippen molar-refractivity contribution in [2.45, 2.75) is 25.7 Å². The number of nitrogens with zero attached hydrogens (tertiary/aromatic N) is 2. The minimum Gasteiger partial charge on any atom is -0.457 e. The van der Waals surface area contributed by atoms with Gasteiger partial charge in [-0.05, 0) is 31.2 Å². The van der Waals surface area contributed by atoms with Gasteiger partial charge in [-0.2, -0.15) is 4.79 Å². The summed E-state index contributed by atoms with van der Waals surface area (Å²) >= 11 is 0. The van der Waals surface area contributed by atoms with Gasteiger partial charge in [-0.3, -0.25) is 0 Å². The van der Waals surface area contributed by atoms with Gasteiger partial charge in [0.2, 0.25) is 0 Å². The fraction of sp³-hybridized carbons (Fsp3) is 0.385. The van der Waals surface area contributed by atoms with Crippen molar-refractivity contribution in [3.05, 3.63) is 41.4 Å². The van der Waals surface area contributed by atoms with E-state index in [0.29, 0.717) is 6.61 Å². The molecule has 0 aromatic heterocycles. The fourth-order valence-electron chi connectivity index (χ4n) is 1.51. The summed E-state index contributed by atoms with van der Waals surface area (Å²) in [6.07, 6.45) is 4.72. The summed E-state index contributed by atoms with van der Waals surface area (Å²) in [7, 11) is 0. The number of rotatable bonds is 7. The molecule has 1 aromatic carbocycles. The Bertz CT molecular complexity index is 384. The molecule has 4 heteroatoms. The largest absolute Gasteiger partial charge is 0.457 e. The third-order valence-corrected chi connectivity index (χ3v) is 2.36. The summed E-state index contributed by atoms with van der Waals surface area (Å²) in [5, 5.41) is 0. The molecule has 0 atom stereocenters. The molecule has 0 fully saturated rings. The van der Waals surface area contributed by atoms with Crippen LogP contribution in [0.3, 0.4) is 0 Å². The molecule has 4 nitrogen and oxygen atoms in total. The van der Waals surface area contributed by atoms with Gasteiger partial charge >= 0.3 is 12.2 Å². The predicted molar refractivity (Wildman–Crippen MR) is 64.6 cm³/mol. The molecular weight excluding hydrogens is 216 g/mol. The van der Waals surface area contributed by atoms with Gasteiger partial charge in [0.1, 0.15) is 0 Å². The predicted octanol–water partition coefficient (Wildman–Crippen LogP) is 2.24. The molecule has 1 aromatic rings. The highest BCUT2D eigenvalue weighted by molar-refractivity contribution is 6.20. The van der Waals surface area contributed by atoms with E-state index in [9.17, 15) is 4.79 Å². The average Bonchev–Trinajstić information content (AvgIpc) is 2.35. The Hall–Kier alpha value is -1.93. The van der Waals surface area contributed by atoms with E-state index in [1.807, 2.05) is 18.2 Å². The minimum absolute atomic E-state index is 0.375. The van der Waals surface area contributed by atoms with E-state index in [-0.39, 0.29) is 0 Å². The van der Waals surface area contributed by atoms with E-state index < -0.39 is 5.97 Å². The van der Waals surface area contributed by atoms with Crippen LogP contribution in [-0.4, -0.2) is 23.6 Å². The molecule has 0 amide bonds. The average molecular weight is 232 g/mol. The van der Waals surface area contributed by atoms with Gasteiger partial charge in [0.05, 0.1) is 6.61 Å². The first kappa shape index (κ1) is 13.1. The van der Waals surface area contributed by atoms with E-state index in [4.69, 9.17) is 10.3 Å². The lowest BCUT2D eigenvalue weighted by Crippen LogP contribution is -2.07. The first-order valence-corrected chi connectivity index (χ1v) is 5.71. The van der Waals surface area contributed by atoms with Gasteiger partial charge in [-0.1, -0.05) is 30.3 Å². The van der Waals surface area contributed by atoms with E-state index in [0.717, 1.165) is 31.9 Å². The van der Waals surface area contributed by atoms with E-state index >= 15 is 0 Å². The second kappa shape index (κ2) is 8.25. The third kappa shape index (κ3) is 6.28. The number of ether oxygens (including phenoxy) is 1. The molecule has 0 heterocycles. The lowest BCUT2D eigenvalue weighted by atomic mass is 10.1. The Morgan fingerprint density at radius 2 is 2.00 bits per heavy atom. The van der Waals surface area contributed by atoms with Crippen LogP contribution in [-0.2, 0) is 16.0 Å². The molecule has 0 unspecified atom stereocenters. The van der Waals surface area contributed by atoms with Gasteiger partial charge < -0.3 is 10.3 Å². The van der Waals surface area contributed by atoms with E-state index in [1.165, 1.54) is 5.56 Å². The maximum Gasteiger partial charge on any atom is 0.413 e. The zero-order valence-electron chi connectivity index (χ0n) is 9.71. The van der Waals surface area contributed by atoms with Gasteiger partial charge in [0.15, 0.2) is 0 Å². The standard InChI is InChI=1S/C13H16N2O2/c14-15-11-13(16)17-10-6-2-5-9-12-7-3-1-4-8-12/h1,3-4,7-8,11H,2,5-6,9-10H2. The first-order chi connectivity index (χ1) is 8.33. The monoisotopic (exact) mass is 232 g/mol. The highest BCUT2D eigenvalue weighted by atomic mass is 16.5. The maximum absolute atomic E-state index is 10.8. The molecule has 0 aliphatic heterocycles. The molecule has 90 valence electrons. The number of esters is 1. The number of carbonyl (C=O) groups is 1. The highest BCUT2D eigenvalue weighted by Crippen LogP contribution is 2.06. The van der Waals surface area contributed by atoms with Gasteiger partial charge in [0, 0.05) is 0 Å². The molecule has 1 rings (SSSR count). The molecule has 0 aliphatic carbocycles. The van der Waals surface area contributed by atoms with Crippen molar-refractivity contribution in [1.29, 1.82) is 0 Å². The van der Waals surface area contributed by atoms with E-state index in [2.05, 4.69) is 16.9 Å². The normalized spacial score (nSPS) is 9.41. The van der Waals surface area contributed by atoms with Crippen LogP contribution in [0, 0.1) is 0 Å². The topological polar surface area (TPSA) is 62.7 Å². The Balaban J connectivity index is 2.02. The lowest BCUT2D eigenvalue weighted by Gasteiger charge is -2.01. The lowest BCUT2D eigenvalue weighted by molar-refractivity contribution is -0.139. The zero-order valence-corrected chi connectivity index (χ0v) is 9.71. The summed E-state index contributed by atoms with van der Waals surface area (Å²) in [6, 6.07) is 10.3. The van der Waals surface area contributed by atoms with Crippen molar-refractivity contribution in [2.75, 3.05) is 6.61 Å². The number of benzene rings is 1. The van der Waals surface area contributed by atoms with Crippen molar-refractivity contribution < 1.29 is 14.3 Å². The van der Waals surface area contributed by atoms with Crippen LogP contribution < -0.4 is 0 Å². The smallest absolute Gasteiger partial charge is 0.413 e. The fourth-order valence-corrected chi connectivity index (χ4v) is 1.51. The van der Waals surface area contributed by atoms with Gasteiger partial charge in [-0.15, -0.1) is 0 Å². The quantitative estimate of drug-likeness (QED) is 0.238. The third-order valence-electron chi connectivity index (χ3n) is 2.36. The molecule has 0 saturated heterocycles. The molecule has 0 bridgehead atoms. The van der Waals surface area contributed by atoms with Crippen molar-refractivity contribution in [3.63, 3.8) is 0 Å². The molecule has 0 N–H and O–H groups in total. The zero-order chi connectivity index (χ0) is 12.3. The summed E-state index contributed by atoms with van der Waals surface area (Å²) in [5.41, 5.74) is 9.40. The Morgan fingerprint density at radius 3 is 2.71 bits per heavy atom. The van der Waals surface area contributed by atoms with Crippen LogP contribution in [0.5, 0.6) is 0 Å². The van der Waals surface area contributed by atoms with E-state index in [1.54, 1.807) is 0 Å². The van der Waals surface area contributed by atoms with Crippen LogP contribution in [0.15, 0.2) is 30.3 Å². The van der Waals surface area contributed by atoms with Crippen molar-refractivity contribution in [1.82, 2.24) is 0 Å². The second-order valence-corrected chi connectivity index (χ2v) is 3.71. The van der Waals surface area contributed by atoms with Crippen molar-refractivity contribution in [3.8, 4) is 0 Å². The van der Waals surface area contributed by atoms with Crippen LogP contribution in [0.25, 0.3) is 5.53 Å². The van der Waals surface area contributed by atoms with Crippen LogP contribution >= 0.6 is 0 Å². The number of carbonyl (C=O) groups excluding carboxylic acids is 1. The summed E-state index contributed by atoms with van der Waals surface area (Å²) in [6.45, 7) is 0.375. The summed E-state index contributed by atoms with van der Waals surface area (Å²) < 4.78 is 4.79. The first-order valence-electron chi connectivity index (χ1n) is 5.71. The Kier molecular flexibility index (Phi) is 6.37. The molecule has 0 aliphatic rings. The van der Waals surface area contributed by atoms with Crippen LogP contribution in [0.4, 0.5) is 0 Å². The highest BCUT2D eigenvalue weighted by Gasteiger charge is 2.01. The number of aryl methyl sites for hydroxylation is 1. The van der Waals surface area contributed by atoms with Crippen LogP contribution in [0.1, 0.15) is 24.8 Å².